The van der Waals surface area contributed by atoms with Crippen molar-refractivity contribution in [1.82, 2.24) is 0 Å². The standard InChI is InChI=1S/C21H25I3N2O8.C13H15I3N2O7/c1-20(2)31-7-10(33-20)18(29)25-16-13(22)9(5-6-12(27)28)14(23)17(15(16)24)26-19(30)11-8-32-21(3,4)34-11;14-7-4(1-19)8(15)11(18-13(25)6(23)3-21)9(16)10(7)17-12(24)5(22)2-20/h10-11H,5-8H2,1-4H3,(H,25,29)(H,26,30)(H,27,28);5-6,19-23H,1-3H2,(H,17,24)(H,18,25). The minimum Gasteiger partial charge on any atom is -0.481 e. The van der Waals surface area contributed by atoms with Gasteiger partial charge in [0.1, 0.15) is 0 Å². The van der Waals surface area contributed by atoms with Gasteiger partial charge in [-0.15, -0.1) is 0 Å². The van der Waals surface area contributed by atoms with Crippen LogP contribution in [0.5, 0.6) is 0 Å². The first-order valence-electron chi connectivity index (χ1n) is 17.1. The van der Waals surface area contributed by atoms with E-state index in [1.54, 1.807) is 27.7 Å². The van der Waals surface area contributed by atoms with Crippen LogP contribution in [0.4, 0.5) is 22.7 Å². The van der Waals surface area contributed by atoms with Crippen LogP contribution in [-0.4, -0.2) is 123 Å². The van der Waals surface area contributed by atoms with E-state index in [2.05, 4.69) is 89.0 Å². The Morgan fingerprint density at radius 3 is 1.24 bits per heavy atom. The molecule has 0 bridgehead atoms. The molecule has 2 saturated heterocycles. The Labute approximate surface area is 419 Å². The van der Waals surface area contributed by atoms with Crippen molar-refractivity contribution in [3.05, 3.63) is 32.5 Å². The fourth-order valence-electron chi connectivity index (χ4n) is 5.08. The normalized spacial score (nSPS) is 18.9. The summed E-state index contributed by atoms with van der Waals surface area (Å²) in [6.45, 7) is 5.23. The Morgan fingerprint density at radius 2 is 0.949 bits per heavy atom. The van der Waals surface area contributed by atoms with Crippen LogP contribution in [0, 0.1) is 21.4 Å². The quantitative estimate of drug-likeness (QED) is 0.122. The molecule has 4 atom stereocenters. The summed E-state index contributed by atoms with van der Waals surface area (Å²) >= 11 is 11.9. The van der Waals surface area contributed by atoms with E-state index >= 15 is 0 Å². The SMILES string of the molecule is CC1(C)OCC(C(=O)Nc2c(I)c(CCC(=O)O)c(I)c(NC(=O)C3COC(C)(C)O3)c2I)O1.O=C(Nc1c(I)c(CO)c(I)c(NC(=O)C(O)CO)c1I)C(O)CO. The predicted octanol–water partition coefficient (Wildman–Crippen LogP) is 3.27. The fraction of sp³-hybridized carbons (Fsp3) is 0.500. The molecule has 328 valence electrons. The van der Waals surface area contributed by atoms with E-state index in [1.165, 1.54) is 0 Å². The Bertz CT molecular complexity index is 1840. The van der Waals surface area contributed by atoms with Crippen LogP contribution < -0.4 is 21.3 Å². The maximum Gasteiger partial charge on any atom is 0.303 e. The van der Waals surface area contributed by atoms with E-state index in [9.17, 15) is 44.4 Å². The fourth-order valence-corrected chi connectivity index (χ4v) is 13.4. The molecule has 2 fully saturated rings. The number of nitrogens with one attached hydrogen (secondary N) is 4. The number of anilines is 4. The second-order valence-corrected chi connectivity index (χ2v) is 19.9. The maximum absolute atomic E-state index is 12.9. The topological polar surface area (TPSA) is 292 Å². The zero-order valence-electron chi connectivity index (χ0n) is 31.4. The molecule has 2 aliphatic rings. The minimum absolute atomic E-state index is 0.102. The van der Waals surface area contributed by atoms with Gasteiger partial charge >= 0.3 is 5.97 Å². The molecule has 4 rings (SSSR count). The van der Waals surface area contributed by atoms with E-state index < -0.39 is 78.8 Å². The summed E-state index contributed by atoms with van der Waals surface area (Å²) in [7, 11) is 0. The number of carbonyl (C=O) groups excluding carboxylic acids is 4. The summed E-state index contributed by atoms with van der Waals surface area (Å²) in [4.78, 5) is 60.9. The van der Waals surface area contributed by atoms with Crippen molar-refractivity contribution in [3.63, 3.8) is 0 Å². The van der Waals surface area contributed by atoms with Crippen LogP contribution in [-0.2, 0) is 55.9 Å². The number of amides is 4. The van der Waals surface area contributed by atoms with Crippen LogP contribution in [0.2, 0.25) is 0 Å². The van der Waals surface area contributed by atoms with Crippen molar-refractivity contribution >= 4 is 188 Å². The van der Waals surface area contributed by atoms with Gasteiger partial charge in [-0.3, -0.25) is 24.0 Å². The van der Waals surface area contributed by atoms with Crippen molar-refractivity contribution < 1.29 is 73.6 Å². The van der Waals surface area contributed by atoms with Crippen LogP contribution in [0.25, 0.3) is 0 Å². The van der Waals surface area contributed by atoms with Crippen molar-refractivity contribution in [2.75, 3.05) is 47.7 Å². The third-order valence-electron chi connectivity index (χ3n) is 8.11. The van der Waals surface area contributed by atoms with Crippen molar-refractivity contribution in [1.29, 1.82) is 0 Å². The molecule has 0 radical (unpaired) electrons. The van der Waals surface area contributed by atoms with Crippen LogP contribution >= 0.6 is 136 Å². The zero-order valence-corrected chi connectivity index (χ0v) is 44.3. The first-order chi connectivity index (χ1) is 27.4. The molecule has 2 aliphatic heterocycles. The van der Waals surface area contributed by atoms with E-state index in [0.717, 1.165) is 0 Å². The zero-order chi connectivity index (χ0) is 44.7. The van der Waals surface area contributed by atoms with Gasteiger partial charge in [0.2, 0.25) is 0 Å². The summed E-state index contributed by atoms with van der Waals surface area (Å²) in [5, 5.41) is 66.1. The number of ether oxygens (including phenoxy) is 4. The summed E-state index contributed by atoms with van der Waals surface area (Å²) in [5.41, 5.74) is 2.54. The largest absolute Gasteiger partial charge is 0.481 e. The highest BCUT2D eigenvalue weighted by Gasteiger charge is 2.39. The number of halogens is 6. The number of benzene rings is 2. The van der Waals surface area contributed by atoms with E-state index in [-0.39, 0.29) is 44.0 Å². The maximum atomic E-state index is 12.9. The van der Waals surface area contributed by atoms with Gasteiger partial charge in [-0.05, 0) is 175 Å². The molecule has 2 aromatic rings. The molecule has 10 N–H and O–H groups in total. The molecule has 0 saturated carbocycles. The molecule has 25 heteroatoms. The van der Waals surface area contributed by atoms with Gasteiger partial charge in [0.25, 0.3) is 23.6 Å². The van der Waals surface area contributed by atoms with Crippen LogP contribution in [0.3, 0.4) is 0 Å². The average Bonchev–Trinajstić information content (AvgIpc) is 3.74. The smallest absolute Gasteiger partial charge is 0.303 e. The Kier molecular flexibility index (Phi) is 20.8. The Hall–Kier alpha value is -0.190. The molecule has 4 amide bonds. The van der Waals surface area contributed by atoms with Gasteiger partial charge in [0.05, 0.1) is 62.9 Å². The second-order valence-electron chi connectivity index (χ2n) is 13.4. The highest BCUT2D eigenvalue weighted by Crippen LogP contribution is 2.41. The Balaban J connectivity index is 0.000000332. The van der Waals surface area contributed by atoms with E-state index in [0.29, 0.717) is 43.9 Å². The first kappa shape index (κ1) is 53.2. The molecule has 2 heterocycles. The van der Waals surface area contributed by atoms with Gasteiger partial charge < -0.3 is 70.9 Å². The highest BCUT2D eigenvalue weighted by atomic mass is 127. The number of hydrogen-bond donors (Lipinski definition) is 10. The number of hydrogen-bond acceptors (Lipinski definition) is 14. The van der Waals surface area contributed by atoms with Gasteiger partial charge in [0.15, 0.2) is 36.0 Å². The molecule has 59 heavy (non-hydrogen) atoms. The molecule has 19 nitrogen and oxygen atoms in total. The molecular weight excluding hydrogens is 1470 g/mol. The number of aliphatic hydroxyl groups is 5. The highest BCUT2D eigenvalue weighted by molar-refractivity contribution is 14.1. The van der Waals surface area contributed by atoms with Gasteiger partial charge in [-0.25, -0.2) is 0 Å². The Morgan fingerprint density at radius 1 is 0.610 bits per heavy atom. The van der Waals surface area contributed by atoms with Crippen LogP contribution in [0.1, 0.15) is 45.2 Å². The summed E-state index contributed by atoms with van der Waals surface area (Å²) in [6, 6.07) is 0. The number of rotatable bonds is 14. The summed E-state index contributed by atoms with van der Waals surface area (Å²) < 4.78 is 25.7. The van der Waals surface area contributed by atoms with Crippen molar-refractivity contribution in [2.24, 2.45) is 0 Å². The average molecular weight is 1510 g/mol. The number of aliphatic carboxylic acids is 1. The molecular formula is C34H40I6N4O15. The lowest BCUT2D eigenvalue weighted by Crippen LogP contribution is -2.34. The molecule has 2 aromatic carbocycles. The van der Waals surface area contributed by atoms with Gasteiger partial charge in [-0.2, -0.15) is 0 Å². The number of carboxylic acid groups (broad SMARTS) is 1. The first-order valence-corrected chi connectivity index (χ1v) is 23.5. The lowest BCUT2D eigenvalue weighted by atomic mass is 10.1. The number of aliphatic hydroxyl groups excluding tert-OH is 5. The van der Waals surface area contributed by atoms with Crippen molar-refractivity contribution in [3.8, 4) is 0 Å². The lowest BCUT2D eigenvalue weighted by Gasteiger charge is -2.22. The molecule has 0 spiro atoms. The molecule has 0 aromatic heterocycles. The summed E-state index contributed by atoms with van der Waals surface area (Å²) in [5.74, 6) is -5.16. The van der Waals surface area contributed by atoms with E-state index in [4.69, 9.17) is 29.2 Å². The van der Waals surface area contributed by atoms with Gasteiger partial charge in [-0.1, -0.05) is 0 Å². The molecule has 4 unspecified atom stereocenters. The third-order valence-corrected chi connectivity index (χ3v) is 15.0. The van der Waals surface area contributed by atoms with Crippen LogP contribution in [0.15, 0.2) is 0 Å². The second kappa shape index (κ2) is 23.1. The molecule has 0 aliphatic carbocycles. The monoisotopic (exact) mass is 1510 g/mol. The summed E-state index contributed by atoms with van der Waals surface area (Å²) in [6.07, 6.45) is -4.73. The van der Waals surface area contributed by atoms with E-state index in [1.807, 2.05) is 67.8 Å². The lowest BCUT2D eigenvalue weighted by molar-refractivity contribution is -0.150. The minimum atomic E-state index is -1.63. The third kappa shape index (κ3) is 14.1. The number of carboxylic acids is 1. The predicted molar refractivity (Wildman–Crippen MR) is 262 cm³/mol. The van der Waals surface area contributed by atoms with Crippen molar-refractivity contribution in [2.45, 2.75) is 83.1 Å². The van der Waals surface area contributed by atoms with Gasteiger partial charge in [0, 0.05) is 26.3 Å². The number of carbonyl (C=O) groups is 5.